The SMILES string of the molecule is CC(CNC1CCOC2(CCSCC2)C1)CN1CCCC1. The summed E-state index contributed by atoms with van der Waals surface area (Å²) in [6.07, 6.45) is 7.77. The number of nitrogens with one attached hydrogen (secondary N) is 1. The summed E-state index contributed by atoms with van der Waals surface area (Å²) < 4.78 is 6.19. The number of thioether (sulfide) groups is 1. The van der Waals surface area contributed by atoms with Crippen LogP contribution in [0.3, 0.4) is 0 Å². The molecule has 21 heavy (non-hydrogen) atoms. The molecule has 0 aliphatic carbocycles. The second kappa shape index (κ2) is 7.67. The monoisotopic (exact) mass is 312 g/mol. The first-order valence-electron chi connectivity index (χ1n) is 8.93. The molecule has 3 rings (SSSR count). The third kappa shape index (κ3) is 4.60. The van der Waals surface area contributed by atoms with Crippen LogP contribution in [0.15, 0.2) is 0 Å². The van der Waals surface area contributed by atoms with Gasteiger partial charge in [-0.3, -0.25) is 0 Å². The Labute approximate surface area is 134 Å². The molecule has 3 aliphatic heterocycles. The molecule has 0 aromatic carbocycles. The minimum absolute atomic E-state index is 0.222. The topological polar surface area (TPSA) is 24.5 Å². The molecule has 0 aromatic rings. The molecule has 0 saturated carbocycles. The number of rotatable bonds is 5. The van der Waals surface area contributed by atoms with Gasteiger partial charge < -0.3 is 15.0 Å². The molecule has 1 spiro atoms. The van der Waals surface area contributed by atoms with E-state index >= 15 is 0 Å². The van der Waals surface area contributed by atoms with E-state index in [0.29, 0.717) is 6.04 Å². The molecule has 2 atom stereocenters. The van der Waals surface area contributed by atoms with Gasteiger partial charge >= 0.3 is 0 Å². The highest BCUT2D eigenvalue weighted by molar-refractivity contribution is 7.99. The maximum atomic E-state index is 6.19. The van der Waals surface area contributed by atoms with Crippen LogP contribution >= 0.6 is 11.8 Å². The Morgan fingerprint density at radius 2 is 2.05 bits per heavy atom. The summed E-state index contributed by atoms with van der Waals surface area (Å²) in [4.78, 5) is 2.64. The Balaban J connectivity index is 1.39. The first-order chi connectivity index (χ1) is 10.3. The van der Waals surface area contributed by atoms with Crippen LogP contribution < -0.4 is 5.32 Å². The fourth-order valence-corrected chi connectivity index (χ4v) is 5.37. The van der Waals surface area contributed by atoms with Gasteiger partial charge in [0.15, 0.2) is 0 Å². The molecule has 0 bridgehead atoms. The smallest absolute Gasteiger partial charge is 0.0713 e. The average Bonchev–Trinajstić information content (AvgIpc) is 2.99. The maximum Gasteiger partial charge on any atom is 0.0713 e. The van der Waals surface area contributed by atoms with Crippen molar-refractivity contribution in [1.29, 1.82) is 0 Å². The van der Waals surface area contributed by atoms with Crippen molar-refractivity contribution in [3.63, 3.8) is 0 Å². The molecule has 122 valence electrons. The van der Waals surface area contributed by atoms with Crippen molar-refractivity contribution < 1.29 is 4.74 Å². The molecule has 0 radical (unpaired) electrons. The van der Waals surface area contributed by atoms with Gasteiger partial charge in [-0.25, -0.2) is 0 Å². The van der Waals surface area contributed by atoms with E-state index in [4.69, 9.17) is 4.74 Å². The van der Waals surface area contributed by atoms with Crippen LogP contribution in [0, 0.1) is 5.92 Å². The fraction of sp³-hybridized carbons (Fsp3) is 1.00. The van der Waals surface area contributed by atoms with Gasteiger partial charge in [-0.15, -0.1) is 0 Å². The van der Waals surface area contributed by atoms with Crippen molar-refractivity contribution in [3.8, 4) is 0 Å². The highest BCUT2D eigenvalue weighted by Gasteiger charge is 2.38. The van der Waals surface area contributed by atoms with E-state index in [9.17, 15) is 0 Å². The molecule has 2 unspecified atom stereocenters. The zero-order valence-corrected chi connectivity index (χ0v) is 14.4. The lowest BCUT2D eigenvalue weighted by molar-refractivity contribution is -0.0934. The zero-order valence-electron chi connectivity index (χ0n) is 13.6. The summed E-state index contributed by atoms with van der Waals surface area (Å²) in [5.74, 6) is 3.35. The van der Waals surface area contributed by atoms with Crippen LogP contribution in [0.5, 0.6) is 0 Å². The minimum Gasteiger partial charge on any atom is -0.375 e. The predicted octanol–water partition coefficient (Wildman–Crippen LogP) is 2.75. The second-order valence-corrected chi connectivity index (χ2v) is 8.58. The molecule has 4 heteroatoms. The number of hydrogen-bond acceptors (Lipinski definition) is 4. The third-order valence-corrected chi connectivity index (χ3v) is 6.41. The fourth-order valence-electron chi connectivity index (χ4n) is 4.13. The number of ether oxygens (including phenoxy) is 1. The van der Waals surface area contributed by atoms with E-state index in [1.807, 2.05) is 0 Å². The molecular weight excluding hydrogens is 280 g/mol. The largest absolute Gasteiger partial charge is 0.375 e. The molecule has 0 aromatic heterocycles. The van der Waals surface area contributed by atoms with Gasteiger partial charge in [-0.2, -0.15) is 11.8 Å². The Morgan fingerprint density at radius 3 is 2.81 bits per heavy atom. The van der Waals surface area contributed by atoms with Gasteiger partial charge in [0.2, 0.25) is 0 Å². The molecule has 0 amide bonds. The van der Waals surface area contributed by atoms with Crippen LogP contribution in [0.1, 0.15) is 45.4 Å². The Kier molecular flexibility index (Phi) is 5.88. The first kappa shape index (κ1) is 16.1. The normalized spacial score (nSPS) is 31.6. The molecular formula is C17H32N2OS. The zero-order chi connectivity index (χ0) is 14.5. The second-order valence-electron chi connectivity index (χ2n) is 7.35. The van der Waals surface area contributed by atoms with E-state index in [0.717, 1.165) is 12.5 Å². The first-order valence-corrected chi connectivity index (χ1v) is 10.1. The molecule has 1 N–H and O–H groups in total. The summed E-state index contributed by atoms with van der Waals surface area (Å²) in [7, 11) is 0. The lowest BCUT2D eigenvalue weighted by Gasteiger charge is -2.43. The van der Waals surface area contributed by atoms with E-state index in [1.165, 1.54) is 76.2 Å². The van der Waals surface area contributed by atoms with E-state index in [-0.39, 0.29) is 5.60 Å². The van der Waals surface area contributed by atoms with Gasteiger partial charge in [0.05, 0.1) is 5.60 Å². The van der Waals surface area contributed by atoms with Gasteiger partial charge in [0, 0.05) is 19.2 Å². The third-order valence-electron chi connectivity index (χ3n) is 5.42. The molecule has 3 heterocycles. The highest BCUT2D eigenvalue weighted by Crippen LogP contribution is 2.37. The highest BCUT2D eigenvalue weighted by atomic mass is 32.2. The minimum atomic E-state index is 0.222. The van der Waals surface area contributed by atoms with Gasteiger partial charge in [-0.05, 0) is 75.6 Å². The van der Waals surface area contributed by atoms with E-state index in [2.05, 4.69) is 28.9 Å². The number of hydrogen-bond donors (Lipinski definition) is 1. The number of nitrogens with zero attached hydrogens (tertiary/aromatic N) is 1. The molecule has 3 saturated heterocycles. The molecule has 3 aliphatic rings. The maximum absolute atomic E-state index is 6.19. The van der Waals surface area contributed by atoms with Crippen LogP contribution in [-0.4, -0.2) is 60.8 Å². The summed E-state index contributed by atoms with van der Waals surface area (Å²) >= 11 is 2.09. The van der Waals surface area contributed by atoms with Crippen LogP contribution in [0.2, 0.25) is 0 Å². The quantitative estimate of drug-likeness (QED) is 0.844. The Morgan fingerprint density at radius 1 is 1.29 bits per heavy atom. The molecule has 3 fully saturated rings. The van der Waals surface area contributed by atoms with Crippen molar-refractivity contribution in [2.45, 2.75) is 57.1 Å². The van der Waals surface area contributed by atoms with Crippen molar-refractivity contribution in [2.75, 3.05) is 44.3 Å². The number of likely N-dealkylation sites (tertiary alicyclic amines) is 1. The summed E-state index contributed by atoms with van der Waals surface area (Å²) in [5, 5.41) is 3.85. The predicted molar refractivity (Wildman–Crippen MR) is 91.1 cm³/mol. The standard InChI is InChI=1S/C17H32N2OS/c1-15(14-19-7-2-3-8-19)13-18-16-4-9-20-17(12-16)5-10-21-11-6-17/h15-16,18H,2-14H2,1H3. The van der Waals surface area contributed by atoms with E-state index < -0.39 is 0 Å². The van der Waals surface area contributed by atoms with Crippen molar-refractivity contribution in [1.82, 2.24) is 10.2 Å². The van der Waals surface area contributed by atoms with Crippen molar-refractivity contribution >= 4 is 11.8 Å². The van der Waals surface area contributed by atoms with E-state index in [1.54, 1.807) is 0 Å². The van der Waals surface area contributed by atoms with Gasteiger partial charge in [0.1, 0.15) is 0 Å². The molecule has 3 nitrogen and oxygen atoms in total. The Bertz CT molecular complexity index is 308. The lowest BCUT2D eigenvalue weighted by Crippen LogP contribution is -2.49. The summed E-state index contributed by atoms with van der Waals surface area (Å²) in [6, 6.07) is 0.683. The van der Waals surface area contributed by atoms with Crippen LogP contribution in [-0.2, 0) is 4.74 Å². The van der Waals surface area contributed by atoms with Gasteiger partial charge in [0.25, 0.3) is 0 Å². The average molecular weight is 313 g/mol. The van der Waals surface area contributed by atoms with Gasteiger partial charge in [-0.1, -0.05) is 6.92 Å². The van der Waals surface area contributed by atoms with Crippen LogP contribution in [0.4, 0.5) is 0 Å². The van der Waals surface area contributed by atoms with Crippen molar-refractivity contribution in [3.05, 3.63) is 0 Å². The summed E-state index contributed by atoms with van der Waals surface area (Å²) in [6.45, 7) is 8.45. The van der Waals surface area contributed by atoms with Crippen molar-refractivity contribution in [2.24, 2.45) is 5.92 Å². The Hall–Kier alpha value is 0.230. The van der Waals surface area contributed by atoms with Crippen LogP contribution in [0.25, 0.3) is 0 Å². The summed E-state index contributed by atoms with van der Waals surface area (Å²) in [5.41, 5.74) is 0.222. The lowest BCUT2D eigenvalue weighted by atomic mass is 9.85.